The van der Waals surface area contributed by atoms with E-state index in [9.17, 15) is 4.79 Å². The molecule has 1 aromatic heterocycles. The van der Waals surface area contributed by atoms with Crippen LogP contribution in [0, 0.1) is 5.41 Å². The number of hydrogen-bond acceptors (Lipinski definition) is 10. The zero-order chi connectivity index (χ0) is 24.3. The van der Waals surface area contributed by atoms with Gasteiger partial charge in [0.15, 0.2) is 11.5 Å². The summed E-state index contributed by atoms with van der Waals surface area (Å²) in [6.45, 7) is 9.10. The van der Waals surface area contributed by atoms with E-state index in [4.69, 9.17) is 34.2 Å². The molecule has 0 bridgehead atoms. The van der Waals surface area contributed by atoms with Crippen molar-refractivity contribution in [3.63, 3.8) is 0 Å². The van der Waals surface area contributed by atoms with Gasteiger partial charge in [0.25, 0.3) is 6.02 Å². The Balaban J connectivity index is 1.26. The average Bonchev–Trinajstić information content (AvgIpc) is 3.41. The molecule has 4 aliphatic rings. The molecule has 1 atom stereocenters. The number of aliphatic imine (C=N–C) groups is 1. The number of carbonyl (C=O) groups is 1. The van der Waals surface area contributed by atoms with E-state index in [-0.39, 0.29) is 18.2 Å². The molecule has 0 saturated carbocycles. The van der Waals surface area contributed by atoms with Crippen molar-refractivity contribution in [1.29, 1.82) is 0 Å². The fourth-order valence-corrected chi connectivity index (χ4v) is 5.71. The Labute approximate surface area is 203 Å². The zero-order valence-corrected chi connectivity index (χ0v) is 20.0. The Morgan fingerprint density at radius 3 is 2.60 bits per heavy atom. The first kappa shape index (κ1) is 22.5. The molecule has 6 rings (SSSR count). The number of rotatable bonds is 5. The summed E-state index contributed by atoms with van der Waals surface area (Å²) < 4.78 is 28.6. The Hall–Kier alpha value is -2.95. The lowest BCUT2D eigenvalue weighted by atomic mass is 9.55. The molecular formula is C25H30N4O6. The lowest BCUT2D eigenvalue weighted by Crippen LogP contribution is -2.71. The van der Waals surface area contributed by atoms with Crippen molar-refractivity contribution >= 4 is 11.8 Å². The van der Waals surface area contributed by atoms with E-state index in [2.05, 4.69) is 23.9 Å². The number of aromatic nitrogens is 1. The van der Waals surface area contributed by atoms with Gasteiger partial charge in [0.2, 0.25) is 0 Å². The molecule has 4 aliphatic heterocycles. The summed E-state index contributed by atoms with van der Waals surface area (Å²) in [6, 6.07) is 7.71. The van der Waals surface area contributed by atoms with Gasteiger partial charge in [-0.2, -0.15) is 0 Å². The lowest BCUT2D eigenvalue weighted by molar-refractivity contribution is -0.247. The first-order valence-corrected chi connectivity index (χ1v) is 12.0. The molecule has 0 radical (unpaired) electrons. The second-order valence-corrected chi connectivity index (χ2v) is 10.3. The van der Waals surface area contributed by atoms with Gasteiger partial charge in [0.05, 0.1) is 38.4 Å². The molecule has 2 saturated heterocycles. The van der Waals surface area contributed by atoms with Crippen molar-refractivity contribution in [2.45, 2.75) is 38.0 Å². The Morgan fingerprint density at radius 2 is 1.91 bits per heavy atom. The van der Waals surface area contributed by atoms with Crippen molar-refractivity contribution < 1.29 is 28.3 Å². The van der Waals surface area contributed by atoms with Crippen molar-refractivity contribution in [2.24, 2.45) is 16.1 Å². The summed E-state index contributed by atoms with van der Waals surface area (Å²) in [5, 5.41) is 4.03. The molecule has 2 aromatic rings. The molecule has 10 nitrogen and oxygen atoms in total. The smallest absolute Gasteiger partial charge is 0.283 e. The summed E-state index contributed by atoms with van der Waals surface area (Å²) in [5.41, 5.74) is 6.36. The van der Waals surface area contributed by atoms with Crippen LogP contribution >= 0.6 is 0 Å². The molecule has 186 valence electrons. The molecule has 2 spiro atoms. The van der Waals surface area contributed by atoms with Crippen LogP contribution < -0.4 is 10.5 Å². The van der Waals surface area contributed by atoms with Crippen LogP contribution in [-0.4, -0.2) is 73.6 Å². The summed E-state index contributed by atoms with van der Waals surface area (Å²) in [7, 11) is 0. The van der Waals surface area contributed by atoms with Crippen LogP contribution in [0.15, 0.2) is 33.8 Å². The third kappa shape index (κ3) is 3.46. The summed E-state index contributed by atoms with van der Waals surface area (Å²) in [4.78, 5) is 20.1. The van der Waals surface area contributed by atoms with Gasteiger partial charge in [0, 0.05) is 31.1 Å². The van der Waals surface area contributed by atoms with Crippen molar-refractivity contribution in [1.82, 2.24) is 10.1 Å². The molecule has 0 aliphatic carbocycles. The Bertz CT molecular complexity index is 1180. The number of hydrogen-bond donors (Lipinski definition) is 1. The number of amidine groups is 1. The molecule has 5 heterocycles. The minimum Gasteiger partial charge on any atom is -0.487 e. The number of carbonyl (C=O) groups excluding carboxylic acids is 1. The van der Waals surface area contributed by atoms with Gasteiger partial charge in [-0.15, -0.1) is 0 Å². The topological polar surface area (TPSA) is 122 Å². The van der Waals surface area contributed by atoms with Gasteiger partial charge in [-0.25, -0.2) is 4.99 Å². The van der Waals surface area contributed by atoms with Gasteiger partial charge in [0.1, 0.15) is 29.2 Å². The van der Waals surface area contributed by atoms with E-state index in [0.29, 0.717) is 51.0 Å². The van der Waals surface area contributed by atoms with Crippen LogP contribution in [0.1, 0.15) is 41.2 Å². The molecule has 35 heavy (non-hydrogen) atoms. The summed E-state index contributed by atoms with van der Waals surface area (Å²) >= 11 is 0. The van der Waals surface area contributed by atoms with Gasteiger partial charge in [-0.1, -0.05) is 11.2 Å². The highest BCUT2D eigenvalue weighted by Gasteiger charge is 2.71. The SMILES string of the molecule is CC1(C)Oc2ccc(CC(=O)c3cc(CN4CCOCC4)on3)cc2C2(COC(N)=N2)C12COC2. The first-order valence-electron chi connectivity index (χ1n) is 12.0. The van der Waals surface area contributed by atoms with E-state index in [1.165, 1.54) is 0 Å². The fraction of sp³-hybridized carbons (Fsp3) is 0.560. The van der Waals surface area contributed by atoms with Gasteiger partial charge in [-0.3, -0.25) is 9.69 Å². The number of benzene rings is 1. The van der Waals surface area contributed by atoms with Gasteiger partial charge in [-0.05, 0) is 31.5 Å². The highest BCUT2D eigenvalue weighted by Crippen LogP contribution is 2.62. The van der Waals surface area contributed by atoms with Crippen LogP contribution in [-0.2, 0) is 32.7 Å². The third-order valence-electron chi connectivity index (χ3n) is 7.92. The van der Waals surface area contributed by atoms with Crippen molar-refractivity contribution in [3.05, 3.63) is 46.8 Å². The summed E-state index contributed by atoms with van der Waals surface area (Å²) in [5.74, 6) is 1.29. The van der Waals surface area contributed by atoms with E-state index >= 15 is 0 Å². The Morgan fingerprint density at radius 1 is 1.11 bits per heavy atom. The molecule has 1 unspecified atom stereocenters. The number of Topliss-reactive ketones (excluding diaryl/α,β-unsaturated/α-hetero) is 1. The molecule has 2 fully saturated rings. The highest BCUT2D eigenvalue weighted by atomic mass is 16.5. The predicted molar refractivity (Wildman–Crippen MR) is 124 cm³/mol. The number of nitrogens with zero attached hydrogens (tertiary/aromatic N) is 3. The number of nitrogens with two attached hydrogens (primary N) is 1. The number of ether oxygens (including phenoxy) is 4. The van der Waals surface area contributed by atoms with Gasteiger partial charge < -0.3 is 29.2 Å². The zero-order valence-electron chi connectivity index (χ0n) is 20.0. The number of morpholine rings is 1. The minimum atomic E-state index is -0.731. The molecule has 1 aromatic carbocycles. The molecule has 2 N–H and O–H groups in total. The molecule has 0 amide bonds. The minimum absolute atomic E-state index is 0.111. The quantitative estimate of drug-likeness (QED) is 0.634. The molecule has 10 heteroatoms. The maximum absolute atomic E-state index is 13.1. The standard InChI is InChI=1S/C25H30N4O6/c1-23(2)24(13-32-14-24)25(15-33-22(26)27-25)18-9-16(3-4-21(18)34-23)10-20(30)19-11-17(35-28-19)12-29-5-7-31-8-6-29/h3-4,9,11H,5-8,10,12-15H2,1-2H3,(H2,26,27). The van der Waals surface area contributed by atoms with Crippen LogP contribution in [0.5, 0.6) is 5.75 Å². The van der Waals surface area contributed by atoms with E-state index in [1.807, 2.05) is 18.2 Å². The number of ketones is 1. The maximum atomic E-state index is 13.1. The number of fused-ring (bicyclic) bond motifs is 3. The Kier molecular flexibility index (Phi) is 5.17. The van der Waals surface area contributed by atoms with Crippen LogP contribution in [0.2, 0.25) is 0 Å². The van der Waals surface area contributed by atoms with Gasteiger partial charge >= 0.3 is 0 Å². The predicted octanol–water partition coefficient (Wildman–Crippen LogP) is 1.66. The normalized spacial score (nSPS) is 26.5. The average molecular weight is 483 g/mol. The maximum Gasteiger partial charge on any atom is 0.283 e. The second-order valence-electron chi connectivity index (χ2n) is 10.3. The largest absolute Gasteiger partial charge is 0.487 e. The van der Waals surface area contributed by atoms with Crippen molar-refractivity contribution in [3.8, 4) is 5.75 Å². The lowest BCUT2D eigenvalue weighted by Gasteiger charge is -2.61. The monoisotopic (exact) mass is 482 g/mol. The van der Waals surface area contributed by atoms with Crippen molar-refractivity contribution in [2.75, 3.05) is 46.1 Å². The fourth-order valence-electron chi connectivity index (χ4n) is 5.71. The summed E-state index contributed by atoms with van der Waals surface area (Å²) in [6.07, 6.45) is 0.180. The van der Waals surface area contributed by atoms with E-state index in [0.717, 1.165) is 30.0 Å². The third-order valence-corrected chi connectivity index (χ3v) is 7.92. The van der Waals surface area contributed by atoms with Crippen LogP contribution in [0.4, 0.5) is 0 Å². The highest BCUT2D eigenvalue weighted by molar-refractivity contribution is 5.95. The van der Waals surface area contributed by atoms with E-state index < -0.39 is 16.6 Å². The first-order chi connectivity index (χ1) is 16.8. The van der Waals surface area contributed by atoms with Crippen LogP contribution in [0.25, 0.3) is 0 Å². The molecular weight excluding hydrogens is 452 g/mol. The van der Waals surface area contributed by atoms with Crippen LogP contribution in [0.3, 0.4) is 0 Å². The second kappa shape index (κ2) is 8.04. The van der Waals surface area contributed by atoms with E-state index in [1.54, 1.807) is 6.07 Å².